The summed E-state index contributed by atoms with van der Waals surface area (Å²) in [6.45, 7) is 7.51. The molecule has 114 valence electrons. The Morgan fingerprint density at radius 1 is 1.14 bits per heavy atom. The number of rotatable bonds is 6. The smallest absolute Gasteiger partial charge is 0.142 e. The Balaban J connectivity index is 2.57. The normalized spacial score (nSPS) is 10.3. The average Bonchev–Trinajstić information content (AvgIpc) is 2.51. The third kappa shape index (κ3) is 3.34. The molecular weight excluding hydrogens is 296 g/mol. The lowest BCUT2D eigenvalue weighted by Crippen LogP contribution is -1.93. The molecule has 2 nitrogen and oxygen atoms in total. The number of aromatic hydroxyl groups is 1. The summed E-state index contributed by atoms with van der Waals surface area (Å²) in [4.78, 5) is 0. The van der Waals surface area contributed by atoms with E-state index < -0.39 is 0 Å². The molecule has 0 saturated heterocycles. The second kappa shape index (κ2) is 7.19. The molecule has 0 atom stereocenters. The largest absolute Gasteiger partial charge is 0.506 e. The van der Waals surface area contributed by atoms with Crippen LogP contribution in [-0.4, -0.2) is 12.2 Å². The first-order valence-electron chi connectivity index (χ1n) is 7.01. The number of benzene rings is 2. The van der Waals surface area contributed by atoms with Gasteiger partial charge in [-0.25, -0.2) is 0 Å². The summed E-state index contributed by atoms with van der Waals surface area (Å²) in [5.74, 6) is 0.890. The van der Waals surface area contributed by atoms with Gasteiger partial charge in [-0.2, -0.15) is 0 Å². The maximum Gasteiger partial charge on any atom is 0.142 e. The molecule has 0 radical (unpaired) electrons. The van der Waals surface area contributed by atoms with Gasteiger partial charge < -0.3 is 9.84 Å². The summed E-state index contributed by atoms with van der Waals surface area (Å²) in [5, 5.41) is 10.6. The van der Waals surface area contributed by atoms with Crippen LogP contribution in [0.5, 0.6) is 11.5 Å². The third-order valence-corrected chi connectivity index (χ3v) is 3.75. The Labute approximate surface area is 136 Å². The van der Waals surface area contributed by atoms with E-state index in [0.717, 1.165) is 22.4 Å². The van der Waals surface area contributed by atoms with Gasteiger partial charge in [-0.1, -0.05) is 29.8 Å². The highest BCUT2D eigenvalue weighted by Crippen LogP contribution is 2.38. The van der Waals surface area contributed by atoms with Gasteiger partial charge in [0.25, 0.3) is 0 Å². The fraction of sp³-hybridized carbons (Fsp3) is 0.158. The first kappa shape index (κ1) is 16.2. The molecule has 0 aromatic heterocycles. The van der Waals surface area contributed by atoms with Crippen LogP contribution < -0.4 is 4.74 Å². The van der Waals surface area contributed by atoms with Crippen LogP contribution in [0.1, 0.15) is 11.1 Å². The summed E-state index contributed by atoms with van der Waals surface area (Å²) in [5.41, 5.74) is 3.62. The number of halogens is 1. The maximum absolute atomic E-state index is 10.3. The molecule has 0 aliphatic heterocycles. The van der Waals surface area contributed by atoms with Crippen molar-refractivity contribution < 1.29 is 9.84 Å². The minimum absolute atomic E-state index is 0.0872. The van der Waals surface area contributed by atoms with Crippen molar-refractivity contribution in [1.82, 2.24) is 0 Å². The van der Waals surface area contributed by atoms with Crippen molar-refractivity contribution in [3.63, 3.8) is 0 Å². The van der Waals surface area contributed by atoms with Crippen molar-refractivity contribution in [3.05, 3.63) is 71.8 Å². The highest BCUT2D eigenvalue weighted by atomic mass is 35.5. The predicted octanol–water partition coefficient (Wildman–Crippen LogP) is 5.18. The monoisotopic (exact) mass is 314 g/mol. The Morgan fingerprint density at radius 2 is 1.86 bits per heavy atom. The zero-order valence-electron chi connectivity index (χ0n) is 12.6. The van der Waals surface area contributed by atoms with Crippen molar-refractivity contribution in [3.8, 4) is 22.6 Å². The minimum atomic E-state index is 0.0872. The minimum Gasteiger partial charge on any atom is -0.506 e. The highest BCUT2D eigenvalue weighted by Gasteiger charge is 2.12. The van der Waals surface area contributed by atoms with E-state index in [1.54, 1.807) is 13.2 Å². The van der Waals surface area contributed by atoms with Crippen molar-refractivity contribution in [2.45, 2.75) is 12.8 Å². The van der Waals surface area contributed by atoms with Gasteiger partial charge in [-0.05, 0) is 53.8 Å². The lowest BCUT2D eigenvalue weighted by molar-refractivity contribution is 0.411. The Hall–Kier alpha value is -2.19. The highest BCUT2D eigenvalue weighted by molar-refractivity contribution is 6.32. The van der Waals surface area contributed by atoms with E-state index in [1.165, 1.54) is 0 Å². The number of phenols is 1. The van der Waals surface area contributed by atoms with Crippen LogP contribution in [0.3, 0.4) is 0 Å². The van der Waals surface area contributed by atoms with E-state index in [9.17, 15) is 5.11 Å². The number of allylic oxidation sites excluding steroid dienone is 2. The van der Waals surface area contributed by atoms with Gasteiger partial charge in [-0.3, -0.25) is 0 Å². The molecular formula is C19H19ClO2. The third-order valence-electron chi connectivity index (χ3n) is 3.46. The fourth-order valence-corrected chi connectivity index (χ4v) is 2.66. The van der Waals surface area contributed by atoms with Gasteiger partial charge in [0.15, 0.2) is 0 Å². The van der Waals surface area contributed by atoms with Gasteiger partial charge in [0.05, 0.1) is 12.1 Å². The molecule has 0 aliphatic carbocycles. The van der Waals surface area contributed by atoms with Gasteiger partial charge >= 0.3 is 0 Å². The van der Waals surface area contributed by atoms with Gasteiger partial charge in [0.2, 0.25) is 0 Å². The first-order chi connectivity index (χ1) is 10.6. The molecule has 2 rings (SSSR count). The molecule has 0 spiro atoms. The van der Waals surface area contributed by atoms with Gasteiger partial charge in [0.1, 0.15) is 11.5 Å². The van der Waals surface area contributed by atoms with Crippen molar-refractivity contribution in [2.75, 3.05) is 7.11 Å². The second-order valence-electron chi connectivity index (χ2n) is 4.99. The standard InChI is InChI=1S/C19H19ClO2/c1-4-6-13-10-16(19(21)17(20)11-13)14-8-9-18(22-3)15(12-14)7-5-2/h4-5,8-12,21H,1-2,6-7H2,3H3. The van der Waals surface area contributed by atoms with Crippen LogP contribution in [0.15, 0.2) is 55.6 Å². The van der Waals surface area contributed by atoms with E-state index in [0.29, 0.717) is 23.4 Å². The van der Waals surface area contributed by atoms with Crippen molar-refractivity contribution in [1.29, 1.82) is 0 Å². The van der Waals surface area contributed by atoms with Crippen LogP contribution in [0, 0.1) is 0 Å². The number of methoxy groups -OCH3 is 1. The number of hydrogen-bond acceptors (Lipinski definition) is 2. The lowest BCUT2D eigenvalue weighted by atomic mass is 9.97. The summed E-state index contributed by atoms with van der Waals surface area (Å²) in [7, 11) is 1.64. The Morgan fingerprint density at radius 3 is 2.50 bits per heavy atom. The van der Waals surface area contributed by atoms with E-state index in [4.69, 9.17) is 16.3 Å². The number of phenolic OH excluding ortho intramolecular Hbond substituents is 1. The molecule has 0 saturated carbocycles. The molecule has 22 heavy (non-hydrogen) atoms. The van der Waals surface area contributed by atoms with Crippen LogP contribution in [0.4, 0.5) is 0 Å². The van der Waals surface area contributed by atoms with Crippen LogP contribution >= 0.6 is 11.6 Å². The van der Waals surface area contributed by atoms with Gasteiger partial charge in [-0.15, -0.1) is 13.2 Å². The molecule has 2 aromatic rings. The zero-order chi connectivity index (χ0) is 16.1. The lowest BCUT2D eigenvalue weighted by Gasteiger charge is -2.13. The zero-order valence-corrected chi connectivity index (χ0v) is 13.4. The molecule has 0 unspecified atom stereocenters. The summed E-state index contributed by atoms with van der Waals surface area (Å²) in [6.07, 6.45) is 5.02. The Kier molecular flexibility index (Phi) is 5.29. The SMILES string of the molecule is C=CCc1cc(Cl)c(O)c(-c2ccc(OC)c(CC=C)c2)c1. The van der Waals surface area contributed by atoms with E-state index in [1.807, 2.05) is 36.4 Å². The number of hydrogen-bond donors (Lipinski definition) is 1. The second-order valence-corrected chi connectivity index (χ2v) is 5.39. The van der Waals surface area contributed by atoms with E-state index >= 15 is 0 Å². The molecule has 0 amide bonds. The summed E-state index contributed by atoms with van der Waals surface area (Å²) in [6, 6.07) is 9.48. The fourth-order valence-electron chi connectivity index (χ4n) is 2.42. The number of ether oxygens (including phenoxy) is 1. The molecule has 2 aromatic carbocycles. The van der Waals surface area contributed by atoms with Crippen molar-refractivity contribution in [2.24, 2.45) is 0 Å². The molecule has 0 fully saturated rings. The van der Waals surface area contributed by atoms with E-state index in [2.05, 4.69) is 13.2 Å². The maximum atomic E-state index is 10.3. The van der Waals surface area contributed by atoms with E-state index in [-0.39, 0.29) is 5.75 Å². The quantitative estimate of drug-likeness (QED) is 0.745. The van der Waals surface area contributed by atoms with Crippen LogP contribution in [0.25, 0.3) is 11.1 Å². The van der Waals surface area contributed by atoms with Crippen LogP contribution in [0.2, 0.25) is 5.02 Å². The predicted molar refractivity (Wildman–Crippen MR) is 92.9 cm³/mol. The summed E-state index contributed by atoms with van der Waals surface area (Å²) >= 11 is 6.14. The molecule has 0 heterocycles. The van der Waals surface area contributed by atoms with Crippen molar-refractivity contribution >= 4 is 11.6 Å². The average molecular weight is 315 g/mol. The first-order valence-corrected chi connectivity index (χ1v) is 7.39. The Bertz CT molecular complexity index is 705. The van der Waals surface area contributed by atoms with Gasteiger partial charge in [0, 0.05) is 5.56 Å². The molecule has 1 N–H and O–H groups in total. The molecule has 3 heteroatoms. The summed E-state index contributed by atoms with van der Waals surface area (Å²) < 4.78 is 5.36. The topological polar surface area (TPSA) is 29.5 Å². The molecule has 0 bridgehead atoms. The molecule has 0 aliphatic rings. The van der Waals surface area contributed by atoms with Crippen LogP contribution in [-0.2, 0) is 12.8 Å².